The van der Waals surface area contributed by atoms with E-state index in [0.717, 1.165) is 0 Å². The van der Waals surface area contributed by atoms with Crippen molar-refractivity contribution in [2.75, 3.05) is 19.7 Å². The highest BCUT2D eigenvalue weighted by Gasteiger charge is 2.62. The lowest BCUT2D eigenvalue weighted by molar-refractivity contribution is -0.321. The summed E-state index contributed by atoms with van der Waals surface area (Å²) < 4.78 is 40.6. The fourth-order valence-corrected chi connectivity index (χ4v) is 4.42. The summed E-state index contributed by atoms with van der Waals surface area (Å²) in [4.78, 5) is 35.6. The van der Waals surface area contributed by atoms with Gasteiger partial charge in [0.2, 0.25) is 11.8 Å². The maximum Gasteiger partial charge on any atom is 0.522 e. The van der Waals surface area contributed by atoms with E-state index in [-0.39, 0.29) is 29.6 Å². The van der Waals surface area contributed by atoms with Gasteiger partial charge in [0.1, 0.15) is 6.61 Å². The van der Waals surface area contributed by atoms with Crippen LogP contribution in [-0.4, -0.2) is 49.7 Å². The Morgan fingerprint density at radius 1 is 1.35 bits per heavy atom. The topological polar surface area (TPSA) is 111 Å². The Bertz CT molecular complexity index is 612. The van der Waals surface area contributed by atoms with Gasteiger partial charge in [0.15, 0.2) is 5.78 Å². The molecule has 10 heteroatoms. The summed E-state index contributed by atoms with van der Waals surface area (Å²) in [6, 6.07) is -0.489. The van der Waals surface area contributed by atoms with E-state index in [1.807, 2.05) is 0 Å². The number of nitrogens with one attached hydrogen (secondary N) is 2. The Morgan fingerprint density at radius 3 is 2.62 bits per heavy atom. The molecular formula is C16H22F3N3O4. The van der Waals surface area contributed by atoms with E-state index >= 15 is 0 Å². The van der Waals surface area contributed by atoms with Crippen LogP contribution in [0.3, 0.4) is 0 Å². The predicted octanol–water partition coefficient (Wildman–Crippen LogP) is 0.0878. The molecule has 26 heavy (non-hydrogen) atoms. The second-order valence-corrected chi connectivity index (χ2v) is 7.53. The number of primary amides is 1. The molecule has 2 aliphatic heterocycles. The number of amides is 2. The molecule has 1 aliphatic carbocycles. The van der Waals surface area contributed by atoms with E-state index in [4.69, 9.17) is 5.73 Å². The maximum absolute atomic E-state index is 12.5. The lowest BCUT2D eigenvalue weighted by atomic mass is 9.83. The molecular weight excluding hydrogens is 355 g/mol. The quantitative estimate of drug-likeness (QED) is 0.582. The van der Waals surface area contributed by atoms with Gasteiger partial charge < -0.3 is 16.4 Å². The first-order chi connectivity index (χ1) is 12.1. The molecule has 0 radical (unpaired) electrons. The smallest absolute Gasteiger partial charge is 0.368 e. The van der Waals surface area contributed by atoms with Gasteiger partial charge in [-0.15, -0.1) is 13.2 Å². The van der Waals surface area contributed by atoms with Crippen LogP contribution in [0.1, 0.15) is 25.7 Å². The molecule has 5 atom stereocenters. The van der Waals surface area contributed by atoms with Crippen molar-refractivity contribution < 1.29 is 32.3 Å². The number of nitrogens with two attached hydrogens (primary N) is 1. The average molecular weight is 377 g/mol. The largest absolute Gasteiger partial charge is 0.522 e. The number of hydrogen-bond donors (Lipinski definition) is 3. The van der Waals surface area contributed by atoms with Gasteiger partial charge in [-0.1, -0.05) is 0 Å². The van der Waals surface area contributed by atoms with Gasteiger partial charge in [0.25, 0.3) is 0 Å². The molecule has 3 aliphatic rings. The Balaban J connectivity index is 1.68. The molecule has 146 valence electrons. The number of Topliss-reactive ketones (excluding diaryl/α,β-unsaturated/α-hetero) is 1. The van der Waals surface area contributed by atoms with Crippen molar-refractivity contribution in [3.05, 3.63) is 0 Å². The highest BCUT2D eigenvalue weighted by Crippen LogP contribution is 2.62. The number of ether oxygens (including phenoxy) is 1. The molecule has 0 aromatic rings. The Hall–Kier alpha value is -1.68. The first kappa shape index (κ1) is 19.1. The van der Waals surface area contributed by atoms with Gasteiger partial charge in [0.05, 0.1) is 6.04 Å². The van der Waals surface area contributed by atoms with Crippen LogP contribution in [-0.2, 0) is 19.1 Å². The highest BCUT2D eigenvalue weighted by atomic mass is 19.4. The number of ketones is 1. The maximum atomic E-state index is 12.5. The minimum Gasteiger partial charge on any atom is -0.368 e. The number of rotatable bonds is 7. The van der Waals surface area contributed by atoms with E-state index in [1.54, 1.807) is 0 Å². The van der Waals surface area contributed by atoms with E-state index in [2.05, 4.69) is 15.4 Å². The van der Waals surface area contributed by atoms with E-state index in [1.165, 1.54) is 0 Å². The molecule has 3 fully saturated rings. The number of alkyl halides is 3. The first-order valence-electron chi connectivity index (χ1n) is 8.65. The summed E-state index contributed by atoms with van der Waals surface area (Å²) in [7, 11) is 0. The van der Waals surface area contributed by atoms with Gasteiger partial charge in [-0.05, 0) is 37.0 Å². The zero-order valence-corrected chi connectivity index (χ0v) is 14.1. The van der Waals surface area contributed by atoms with Crippen LogP contribution in [0.4, 0.5) is 13.2 Å². The molecule has 4 N–H and O–H groups in total. The average Bonchev–Trinajstić information content (AvgIpc) is 2.86. The minimum absolute atomic E-state index is 0.169. The summed E-state index contributed by atoms with van der Waals surface area (Å²) >= 11 is 0. The van der Waals surface area contributed by atoms with E-state index in [0.29, 0.717) is 32.4 Å². The standard InChI is InChI=1S/C16H22F3N3O4/c17-16(18,19)26-6-12(23)9(3-8-1-2-21-14(8)25)10-4-15(10)5-11(13(20)24)22-7-15/h8-11,22H,1-7H2,(H2,20,24)(H,21,25)/t8-,9+,10?,11?,15?/m0/s1. The Labute approximate surface area is 148 Å². The van der Waals surface area contributed by atoms with Crippen molar-refractivity contribution >= 4 is 17.6 Å². The third-order valence-electron chi connectivity index (χ3n) is 5.89. The molecule has 0 aromatic heterocycles. The third kappa shape index (κ3) is 4.01. The predicted molar refractivity (Wildman–Crippen MR) is 82.4 cm³/mol. The van der Waals surface area contributed by atoms with Gasteiger partial charge in [-0.2, -0.15) is 0 Å². The summed E-state index contributed by atoms with van der Waals surface area (Å²) in [5, 5.41) is 5.69. The lowest BCUT2D eigenvalue weighted by Gasteiger charge is -2.21. The molecule has 0 bridgehead atoms. The van der Waals surface area contributed by atoms with Crippen LogP contribution in [0.15, 0.2) is 0 Å². The summed E-state index contributed by atoms with van der Waals surface area (Å²) in [5.74, 6) is -2.54. The molecule has 0 aromatic carbocycles. The van der Waals surface area contributed by atoms with Crippen molar-refractivity contribution in [2.24, 2.45) is 28.9 Å². The lowest BCUT2D eigenvalue weighted by Crippen LogP contribution is -2.36. The monoisotopic (exact) mass is 377 g/mol. The van der Waals surface area contributed by atoms with Gasteiger partial charge in [-0.25, -0.2) is 0 Å². The molecule has 2 amide bonds. The second-order valence-electron chi connectivity index (χ2n) is 7.53. The van der Waals surface area contributed by atoms with Crippen molar-refractivity contribution in [1.82, 2.24) is 10.6 Å². The third-order valence-corrected chi connectivity index (χ3v) is 5.89. The van der Waals surface area contributed by atoms with Crippen LogP contribution >= 0.6 is 0 Å². The van der Waals surface area contributed by atoms with Gasteiger partial charge in [0, 0.05) is 24.9 Å². The van der Waals surface area contributed by atoms with Gasteiger partial charge in [-0.3, -0.25) is 19.1 Å². The summed E-state index contributed by atoms with van der Waals surface area (Å²) in [6.45, 7) is -0.0572. The first-order valence-corrected chi connectivity index (χ1v) is 8.65. The number of hydrogen-bond acceptors (Lipinski definition) is 5. The minimum atomic E-state index is -4.88. The highest BCUT2D eigenvalue weighted by molar-refractivity contribution is 5.85. The molecule has 2 heterocycles. The van der Waals surface area contributed by atoms with E-state index < -0.39 is 36.6 Å². The number of carbonyl (C=O) groups is 3. The number of carbonyl (C=O) groups excluding carboxylic acids is 3. The summed E-state index contributed by atoms with van der Waals surface area (Å²) in [6.07, 6.45) is -3.02. The Morgan fingerprint density at radius 2 is 2.08 bits per heavy atom. The molecule has 1 saturated carbocycles. The van der Waals surface area contributed by atoms with E-state index in [9.17, 15) is 27.6 Å². The zero-order chi connectivity index (χ0) is 19.1. The number of halogens is 3. The fourth-order valence-electron chi connectivity index (χ4n) is 4.42. The van der Waals surface area contributed by atoms with Crippen LogP contribution in [0, 0.1) is 23.2 Å². The van der Waals surface area contributed by atoms with Crippen LogP contribution < -0.4 is 16.4 Å². The second kappa shape index (κ2) is 6.80. The van der Waals surface area contributed by atoms with Crippen molar-refractivity contribution in [3.8, 4) is 0 Å². The SMILES string of the molecule is NC(=O)C1CC2(CN1)CC2[C@@H](C[C@@H]1CCNC1=O)C(=O)COC(F)(F)F. The van der Waals surface area contributed by atoms with Crippen molar-refractivity contribution in [1.29, 1.82) is 0 Å². The van der Waals surface area contributed by atoms with Crippen LogP contribution in [0.5, 0.6) is 0 Å². The Kier molecular flexibility index (Phi) is 5.00. The van der Waals surface area contributed by atoms with Gasteiger partial charge >= 0.3 is 6.36 Å². The molecule has 3 rings (SSSR count). The zero-order valence-electron chi connectivity index (χ0n) is 14.1. The molecule has 7 nitrogen and oxygen atoms in total. The van der Waals surface area contributed by atoms with Crippen molar-refractivity contribution in [3.63, 3.8) is 0 Å². The van der Waals surface area contributed by atoms with Crippen molar-refractivity contribution in [2.45, 2.75) is 38.1 Å². The molecule has 2 saturated heterocycles. The van der Waals surface area contributed by atoms with Crippen LogP contribution in [0.2, 0.25) is 0 Å². The molecule has 3 unspecified atom stereocenters. The van der Waals surface area contributed by atoms with Crippen LogP contribution in [0.25, 0.3) is 0 Å². The normalized spacial score (nSPS) is 34.7. The fraction of sp³-hybridized carbons (Fsp3) is 0.812. The summed E-state index contributed by atoms with van der Waals surface area (Å²) in [5.41, 5.74) is 5.00. The molecule has 1 spiro atoms.